The van der Waals surface area contributed by atoms with Gasteiger partial charge in [-0.05, 0) is 106 Å². The fourth-order valence-electron chi connectivity index (χ4n) is 6.72. The van der Waals surface area contributed by atoms with Crippen LogP contribution in [-0.4, -0.2) is 47.2 Å². The summed E-state index contributed by atoms with van der Waals surface area (Å²) in [5.41, 5.74) is 14.9. The van der Waals surface area contributed by atoms with Crippen LogP contribution in [0.15, 0.2) is 60.7 Å². The molecule has 1 aliphatic heterocycles. The molecule has 8 nitrogen and oxygen atoms in total. The zero-order chi connectivity index (χ0) is 31.3. The third kappa shape index (κ3) is 6.96. The van der Waals surface area contributed by atoms with Gasteiger partial charge in [-0.25, -0.2) is 9.78 Å². The molecule has 3 N–H and O–H groups in total. The Morgan fingerprint density at radius 3 is 2.62 bits per heavy atom. The number of carbonyl (C=O) groups excluding carboxylic acids is 1. The van der Waals surface area contributed by atoms with Gasteiger partial charge in [0.25, 0.3) is 0 Å². The van der Waals surface area contributed by atoms with Gasteiger partial charge in [-0.3, -0.25) is 0 Å². The first-order valence-corrected chi connectivity index (χ1v) is 16.1. The first-order chi connectivity index (χ1) is 21.9. The van der Waals surface area contributed by atoms with Crippen molar-refractivity contribution >= 4 is 17.7 Å². The molecular formula is C37H43N5O3. The summed E-state index contributed by atoms with van der Waals surface area (Å²) in [4.78, 5) is 24.6. The minimum absolute atomic E-state index is 0.0396. The van der Waals surface area contributed by atoms with Crippen LogP contribution in [0.2, 0.25) is 0 Å². The normalized spacial score (nSPS) is 16.3. The SMILES string of the molecule is Cc1ccc(-c2nc(Nc3cccc(OCCCN4CCCCC4)c3)nc(OC(N)=O)c2C2CCc3ccccc32)c(C)c1C. The number of rotatable bonds is 10. The number of ether oxygens (including phenoxy) is 2. The molecule has 6 rings (SSSR count). The fraction of sp³-hybridized carbons (Fsp3) is 0.378. The highest BCUT2D eigenvalue weighted by Crippen LogP contribution is 2.46. The van der Waals surface area contributed by atoms with Crippen molar-refractivity contribution in [3.63, 3.8) is 0 Å². The highest BCUT2D eigenvalue weighted by atomic mass is 16.6. The predicted molar refractivity (Wildman–Crippen MR) is 179 cm³/mol. The maximum absolute atomic E-state index is 12.2. The third-order valence-electron chi connectivity index (χ3n) is 9.33. The van der Waals surface area contributed by atoms with Crippen LogP contribution in [0, 0.1) is 20.8 Å². The van der Waals surface area contributed by atoms with Gasteiger partial charge in [0.05, 0.1) is 12.3 Å². The quantitative estimate of drug-likeness (QED) is 0.179. The summed E-state index contributed by atoms with van der Waals surface area (Å²) >= 11 is 0. The number of primary amides is 1. The molecule has 0 saturated carbocycles. The molecule has 1 unspecified atom stereocenters. The number of anilines is 2. The molecule has 0 spiro atoms. The van der Waals surface area contributed by atoms with Gasteiger partial charge in [-0.1, -0.05) is 48.9 Å². The minimum Gasteiger partial charge on any atom is -0.493 e. The van der Waals surface area contributed by atoms with E-state index in [1.807, 2.05) is 30.3 Å². The Bertz CT molecular complexity index is 1680. The van der Waals surface area contributed by atoms with Crippen LogP contribution < -0.4 is 20.5 Å². The largest absolute Gasteiger partial charge is 0.493 e. The van der Waals surface area contributed by atoms with E-state index in [2.05, 4.69) is 61.3 Å². The lowest BCUT2D eigenvalue weighted by molar-refractivity contribution is 0.205. The molecule has 0 bridgehead atoms. The number of nitrogens with zero attached hydrogens (tertiary/aromatic N) is 3. The number of likely N-dealkylation sites (tertiary alicyclic amines) is 1. The number of hydrogen-bond acceptors (Lipinski definition) is 7. The van der Waals surface area contributed by atoms with E-state index in [1.54, 1.807) is 0 Å². The summed E-state index contributed by atoms with van der Waals surface area (Å²) in [5, 5.41) is 3.35. The second-order valence-corrected chi connectivity index (χ2v) is 12.3. The van der Waals surface area contributed by atoms with E-state index in [-0.39, 0.29) is 11.8 Å². The topological polar surface area (TPSA) is 103 Å². The summed E-state index contributed by atoms with van der Waals surface area (Å²) in [6.07, 6.45) is 5.79. The number of fused-ring (bicyclic) bond motifs is 1. The Kier molecular flexibility index (Phi) is 9.31. The number of aryl methyl sites for hydroxylation is 2. The summed E-state index contributed by atoms with van der Waals surface area (Å²) in [6.45, 7) is 10.4. The van der Waals surface area contributed by atoms with Gasteiger partial charge in [0, 0.05) is 35.3 Å². The zero-order valence-corrected chi connectivity index (χ0v) is 26.6. The number of hydrogen-bond donors (Lipinski definition) is 2. The Balaban J connectivity index is 1.33. The van der Waals surface area contributed by atoms with Crippen molar-refractivity contribution in [1.82, 2.24) is 14.9 Å². The lowest BCUT2D eigenvalue weighted by Gasteiger charge is -2.26. The van der Waals surface area contributed by atoms with E-state index in [4.69, 9.17) is 25.2 Å². The molecular weight excluding hydrogens is 562 g/mol. The predicted octanol–water partition coefficient (Wildman–Crippen LogP) is 7.60. The van der Waals surface area contributed by atoms with Crippen LogP contribution in [-0.2, 0) is 6.42 Å². The van der Waals surface area contributed by atoms with Crippen LogP contribution in [0.25, 0.3) is 11.3 Å². The number of aromatic nitrogens is 2. The molecule has 1 saturated heterocycles. The molecule has 8 heteroatoms. The molecule has 2 heterocycles. The Morgan fingerprint density at radius 2 is 1.80 bits per heavy atom. The van der Waals surface area contributed by atoms with Crippen molar-refractivity contribution in [2.75, 3.05) is 31.6 Å². The Morgan fingerprint density at radius 1 is 0.978 bits per heavy atom. The lowest BCUT2D eigenvalue weighted by Crippen LogP contribution is -2.31. The maximum atomic E-state index is 12.2. The van der Waals surface area contributed by atoms with Gasteiger partial charge in [0.15, 0.2) is 0 Å². The number of nitrogens with one attached hydrogen (secondary N) is 1. The third-order valence-corrected chi connectivity index (χ3v) is 9.33. The van der Waals surface area contributed by atoms with Gasteiger partial charge in [-0.2, -0.15) is 4.98 Å². The van der Waals surface area contributed by atoms with Crippen molar-refractivity contribution < 1.29 is 14.3 Å². The molecule has 1 atom stereocenters. The monoisotopic (exact) mass is 605 g/mol. The number of piperidine rings is 1. The second kappa shape index (κ2) is 13.7. The lowest BCUT2D eigenvalue weighted by atomic mass is 9.87. The van der Waals surface area contributed by atoms with E-state index in [1.165, 1.54) is 54.6 Å². The number of nitrogens with two attached hydrogens (primary N) is 1. The van der Waals surface area contributed by atoms with Gasteiger partial charge < -0.3 is 25.4 Å². The molecule has 1 aliphatic carbocycles. The summed E-state index contributed by atoms with van der Waals surface area (Å²) in [5.74, 6) is 1.23. The molecule has 2 aliphatic rings. The molecule has 3 aromatic carbocycles. The van der Waals surface area contributed by atoms with Gasteiger partial charge >= 0.3 is 6.09 Å². The highest BCUT2D eigenvalue weighted by molar-refractivity contribution is 5.76. The molecule has 1 amide bonds. The molecule has 234 valence electrons. The van der Waals surface area contributed by atoms with Crippen LogP contribution in [0.1, 0.15) is 71.4 Å². The van der Waals surface area contributed by atoms with Gasteiger partial charge in [-0.15, -0.1) is 0 Å². The average Bonchev–Trinajstić information content (AvgIpc) is 3.46. The van der Waals surface area contributed by atoms with E-state index < -0.39 is 6.09 Å². The summed E-state index contributed by atoms with van der Waals surface area (Å²) < 4.78 is 11.8. The van der Waals surface area contributed by atoms with Crippen molar-refractivity contribution in [2.45, 2.75) is 65.2 Å². The Hall–Kier alpha value is -4.43. The molecule has 4 aromatic rings. The molecule has 0 radical (unpaired) electrons. The smallest absolute Gasteiger partial charge is 0.411 e. The van der Waals surface area contributed by atoms with Crippen LogP contribution in [0.4, 0.5) is 16.4 Å². The number of benzene rings is 3. The van der Waals surface area contributed by atoms with Crippen LogP contribution >= 0.6 is 0 Å². The van der Waals surface area contributed by atoms with Crippen molar-refractivity contribution in [3.8, 4) is 22.9 Å². The molecule has 1 fully saturated rings. The first kappa shape index (κ1) is 30.6. The Labute approximate surface area is 266 Å². The standard InChI is InChI=1S/C37H43N5O3/c1-24-15-17-30(26(3)25(24)2)34-33(32-18-16-27-11-5-6-14-31(27)32)35(45-36(38)43)41-37(40-34)39-28-12-9-13-29(23-28)44-22-10-21-42-19-7-4-8-20-42/h5-6,9,11-15,17,23,32H,4,7-8,10,16,18-22H2,1-3H3,(H2,38,43)(H,39,40,41). The number of amides is 1. The van der Waals surface area contributed by atoms with E-state index >= 15 is 0 Å². The minimum atomic E-state index is -0.908. The van der Waals surface area contributed by atoms with Crippen molar-refractivity contribution in [2.24, 2.45) is 5.73 Å². The maximum Gasteiger partial charge on any atom is 0.411 e. The average molecular weight is 606 g/mol. The second-order valence-electron chi connectivity index (χ2n) is 12.3. The zero-order valence-electron chi connectivity index (χ0n) is 26.6. The van der Waals surface area contributed by atoms with Crippen molar-refractivity contribution in [3.05, 3.63) is 94.0 Å². The first-order valence-electron chi connectivity index (χ1n) is 16.1. The fourth-order valence-corrected chi connectivity index (χ4v) is 6.72. The van der Waals surface area contributed by atoms with Crippen molar-refractivity contribution in [1.29, 1.82) is 0 Å². The van der Waals surface area contributed by atoms with E-state index in [0.717, 1.165) is 59.6 Å². The van der Waals surface area contributed by atoms with Crippen LogP contribution in [0.3, 0.4) is 0 Å². The van der Waals surface area contributed by atoms with E-state index in [0.29, 0.717) is 12.6 Å². The van der Waals surface area contributed by atoms with Gasteiger partial charge in [0.2, 0.25) is 11.8 Å². The van der Waals surface area contributed by atoms with E-state index in [9.17, 15) is 4.79 Å². The molecule has 45 heavy (non-hydrogen) atoms. The summed E-state index contributed by atoms with van der Waals surface area (Å²) in [6, 6.07) is 20.4. The molecule has 1 aromatic heterocycles. The highest BCUT2D eigenvalue weighted by Gasteiger charge is 2.32. The number of carbonyl (C=O) groups is 1. The summed E-state index contributed by atoms with van der Waals surface area (Å²) in [7, 11) is 0. The van der Waals surface area contributed by atoms with Crippen LogP contribution in [0.5, 0.6) is 11.6 Å². The van der Waals surface area contributed by atoms with Gasteiger partial charge in [0.1, 0.15) is 5.75 Å².